The molecule has 0 aliphatic heterocycles. The zero-order valence-corrected chi connectivity index (χ0v) is 21.1. The Bertz CT molecular complexity index is 782. The number of esters is 1. The highest BCUT2D eigenvalue weighted by atomic mass is 16.6. The molecule has 34 heavy (non-hydrogen) atoms. The Morgan fingerprint density at radius 2 is 1.85 bits per heavy atom. The van der Waals surface area contributed by atoms with Crippen molar-refractivity contribution in [3.63, 3.8) is 0 Å². The number of nitrogens with one attached hydrogen (secondary N) is 2. The fourth-order valence-corrected chi connectivity index (χ4v) is 3.05. The van der Waals surface area contributed by atoms with Gasteiger partial charge in [-0.1, -0.05) is 26.3 Å². The van der Waals surface area contributed by atoms with Gasteiger partial charge < -0.3 is 35.5 Å². The minimum absolute atomic E-state index is 0.0442. The lowest BCUT2D eigenvalue weighted by Gasteiger charge is -2.24. The van der Waals surface area contributed by atoms with E-state index in [2.05, 4.69) is 10.6 Å². The zero-order valence-electron chi connectivity index (χ0n) is 21.1. The van der Waals surface area contributed by atoms with Crippen LogP contribution in [0.5, 0.6) is 11.5 Å². The Morgan fingerprint density at radius 1 is 1.18 bits per heavy atom. The first-order valence-electron chi connectivity index (χ1n) is 11.6. The van der Waals surface area contributed by atoms with E-state index in [1.165, 1.54) is 13.2 Å². The maximum absolute atomic E-state index is 12.9. The minimum atomic E-state index is -1.13. The second-order valence-electron chi connectivity index (χ2n) is 9.15. The lowest BCUT2D eigenvalue weighted by Crippen LogP contribution is -2.47. The summed E-state index contributed by atoms with van der Waals surface area (Å²) in [6, 6.07) is 3.84. The van der Waals surface area contributed by atoms with Crippen molar-refractivity contribution < 1.29 is 34.0 Å². The second kappa shape index (κ2) is 14.2. The number of carbonyl (C=O) groups is 2. The average Bonchev–Trinajstić information content (AvgIpc) is 2.78. The highest BCUT2D eigenvalue weighted by Gasteiger charge is 2.28. The number of aliphatic hydroxyl groups is 2. The van der Waals surface area contributed by atoms with Crippen molar-refractivity contribution in [2.45, 2.75) is 78.0 Å². The van der Waals surface area contributed by atoms with E-state index in [0.717, 1.165) is 0 Å². The van der Waals surface area contributed by atoms with Gasteiger partial charge in [-0.3, -0.25) is 10.1 Å². The van der Waals surface area contributed by atoms with Gasteiger partial charge in [0.05, 0.1) is 18.8 Å². The molecule has 4 atom stereocenters. The molecule has 10 heteroatoms. The van der Waals surface area contributed by atoms with Crippen molar-refractivity contribution in [1.29, 1.82) is 0 Å². The molecule has 194 valence electrons. The molecule has 0 aliphatic rings. The van der Waals surface area contributed by atoms with Crippen molar-refractivity contribution in [3.05, 3.63) is 23.8 Å². The second-order valence-corrected chi connectivity index (χ2v) is 9.15. The molecule has 0 saturated carbocycles. The summed E-state index contributed by atoms with van der Waals surface area (Å²) in [5.74, 6) is -0.625. The Morgan fingerprint density at radius 3 is 2.41 bits per heavy atom. The topological polar surface area (TPSA) is 152 Å². The summed E-state index contributed by atoms with van der Waals surface area (Å²) in [7, 11) is 1.43. The van der Waals surface area contributed by atoms with Crippen molar-refractivity contribution in [1.82, 2.24) is 10.6 Å². The average molecular weight is 484 g/mol. The van der Waals surface area contributed by atoms with Crippen LogP contribution in [0.2, 0.25) is 0 Å². The summed E-state index contributed by atoms with van der Waals surface area (Å²) < 4.78 is 16.2. The predicted octanol–water partition coefficient (Wildman–Crippen LogP) is 1.58. The fourth-order valence-electron chi connectivity index (χ4n) is 3.05. The number of aliphatic hydroxyl groups excluding tert-OH is 2. The van der Waals surface area contributed by atoms with Gasteiger partial charge in [0.2, 0.25) is 12.3 Å². The van der Waals surface area contributed by atoms with E-state index in [-0.39, 0.29) is 36.3 Å². The molecule has 0 aromatic heterocycles. The lowest BCUT2D eigenvalue weighted by molar-refractivity contribution is -0.181. The van der Waals surface area contributed by atoms with Crippen LogP contribution < -0.4 is 25.8 Å². The summed E-state index contributed by atoms with van der Waals surface area (Å²) in [5.41, 5.74) is 5.53. The first kappa shape index (κ1) is 29.8. The first-order chi connectivity index (χ1) is 15.9. The van der Waals surface area contributed by atoms with Crippen LogP contribution in [0.3, 0.4) is 0 Å². The highest BCUT2D eigenvalue weighted by molar-refractivity contribution is 5.86. The van der Waals surface area contributed by atoms with E-state index in [1.54, 1.807) is 12.1 Å². The molecule has 0 bridgehead atoms. The third-order valence-corrected chi connectivity index (χ3v) is 5.15. The monoisotopic (exact) mass is 483 g/mol. The Hall–Kier alpha value is -2.24. The molecular weight excluding hydrogens is 442 g/mol. The van der Waals surface area contributed by atoms with Crippen LogP contribution in [-0.4, -0.2) is 60.3 Å². The molecule has 1 rings (SSSR count). The van der Waals surface area contributed by atoms with Gasteiger partial charge in [-0.05, 0) is 50.8 Å². The van der Waals surface area contributed by atoms with Gasteiger partial charge in [0.25, 0.3) is 0 Å². The van der Waals surface area contributed by atoms with E-state index in [1.807, 2.05) is 34.6 Å². The number of hydrogen-bond acceptors (Lipinski definition) is 9. The SMILES string of the molecule is CCC(C)C(NC(=O)CCCNC(O)OC(C)(C)C)C(=O)Oc1ccc(C(O)CN)cc1OC. The summed E-state index contributed by atoms with van der Waals surface area (Å²) in [5, 5.41) is 25.3. The van der Waals surface area contributed by atoms with Crippen LogP contribution in [0.15, 0.2) is 18.2 Å². The molecule has 0 heterocycles. The molecule has 1 aromatic rings. The molecule has 6 N–H and O–H groups in total. The standard InChI is InChI=1S/C24H41N3O7/c1-7-15(2)21(27-20(29)9-8-12-26-23(31)34-24(3,4)5)22(30)33-18-11-10-16(17(28)14-25)13-19(18)32-6/h10-11,13,15,17,21,23,26,28,31H,7-9,12,14,25H2,1-6H3,(H,27,29). The molecule has 0 radical (unpaired) electrons. The number of methoxy groups -OCH3 is 1. The number of carbonyl (C=O) groups excluding carboxylic acids is 2. The van der Waals surface area contributed by atoms with Gasteiger partial charge in [-0.25, -0.2) is 4.79 Å². The predicted molar refractivity (Wildman–Crippen MR) is 128 cm³/mol. The van der Waals surface area contributed by atoms with Gasteiger partial charge in [0.1, 0.15) is 6.04 Å². The maximum atomic E-state index is 12.9. The maximum Gasteiger partial charge on any atom is 0.334 e. The molecule has 4 unspecified atom stereocenters. The molecule has 0 spiro atoms. The summed E-state index contributed by atoms with van der Waals surface area (Å²) in [6.45, 7) is 9.66. The Balaban J connectivity index is 2.72. The highest BCUT2D eigenvalue weighted by Crippen LogP contribution is 2.31. The molecular formula is C24H41N3O7. The fraction of sp³-hybridized carbons (Fsp3) is 0.667. The van der Waals surface area contributed by atoms with Crippen LogP contribution in [0.1, 0.15) is 65.5 Å². The van der Waals surface area contributed by atoms with Crippen LogP contribution in [-0.2, 0) is 14.3 Å². The third kappa shape index (κ3) is 10.4. The zero-order chi connectivity index (χ0) is 25.9. The number of ether oxygens (including phenoxy) is 3. The van der Waals surface area contributed by atoms with Gasteiger partial charge in [-0.2, -0.15) is 0 Å². The van der Waals surface area contributed by atoms with E-state index >= 15 is 0 Å². The molecule has 0 fully saturated rings. The quantitative estimate of drug-likeness (QED) is 0.115. The van der Waals surface area contributed by atoms with Gasteiger partial charge in [0.15, 0.2) is 11.5 Å². The van der Waals surface area contributed by atoms with Crippen molar-refractivity contribution >= 4 is 11.9 Å². The van der Waals surface area contributed by atoms with Crippen molar-refractivity contribution in [3.8, 4) is 11.5 Å². The van der Waals surface area contributed by atoms with E-state index in [9.17, 15) is 19.8 Å². The Labute approximate surface area is 202 Å². The molecule has 1 amide bonds. The number of hydrogen-bond donors (Lipinski definition) is 5. The lowest BCUT2D eigenvalue weighted by atomic mass is 9.99. The molecule has 0 aliphatic carbocycles. The number of benzene rings is 1. The van der Waals surface area contributed by atoms with Crippen molar-refractivity contribution in [2.75, 3.05) is 20.2 Å². The number of nitrogens with two attached hydrogens (primary N) is 1. The number of amides is 1. The smallest absolute Gasteiger partial charge is 0.334 e. The van der Waals surface area contributed by atoms with Gasteiger partial charge >= 0.3 is 5.97 Å². The summed E-state index contributed by atoms with van der Waals surface area (Å²) in [6.07, 6.45) is -0.738. The van der Waals surface area contributed by atoms with E-state index < -0.39 is 30.1 Å². The van der Waals surface area contributed by atoms with Crippen molar-refractivity contribution in [2.24, 2.45) is 11.7 Å². The van der Waals surface area contributed by atoms with Gasteiger partial charge in [-0.15, -0.1) is 0 Å². The summed E-state index contributed by atoms with van der Waals surface area (Å²) in [4.78, 5) is 25.4. The van der Waals surface area contributed by atoms with Gasteiger partial charge in [0, 0.05) is 19.5 Å². The largest absolute Gasteiger partial charge is 0.493 e. The first-order valence-corrected chi connectivity index (χ1v) is 11.6. The number of rotatable bonds is 14. The Kier molecular flexibility index (Phi) is 12.5. The summed E-state index contributed by atoms with van der Waals surface area (Å²) >= 11 is 0. The normalized spacial score (nSPS) is 15.2. The van der Waals surface area contributed by atoms with Crippen LogP contribution in [0.4, 0.5) is 0 Å². The van der Waals surface area contributed by atoms with E-state index in [4.69, 9.17) is 19.9 Å². The van der Waals surface area contributed by atoms with E-state index in [0.29, 0.717) is 24.9 Å². The van der Waals surface area contributed by atoms with Crippen LogP contribution >= 0.6 is 0 Å². The van der Waals surface area contributed by atoms with Crippen LogP contribution in [0.25, 0.3) is 0 Å². The molecule has 1 aromatic carbocycles. The molecule has 10 nitrogen and oxygen atoms in total. The minimum Gasteiger partial charge on any atom is -0.493 e. The van der Waals surface area contributed by atoms with Crippen LogP contribution in [0, 0.1) is 5.92 Å². The third-order valence-electron chi connectivity index (χ3n) is 5.15. The molecule has 0 saturated heterocycles.